The number of carbonyl (C=O) groups is 1. The Labute approximate surface area is 780 Å². The van der Waals surface area contributed by atoms with E-state index in [0.717, 1.165) is 181 Å². The zero-order valence-corrected chi connectivity index (χ0v) is 85.5. The number of nitriles is 2. The number of hydrogen-bond donors (Lipinski definition) is 3. The molecule has 12 aliphatic carbocycles. The lowest BCUT2D eigenvalue weighted by Crippen LogP contribution is -2.54. The van der Waals surface area contributed by atoms with E-state index in [4.69, 9.17) is 56.2 Å². The van der Waals surface area contributed by atoms with Gasteiger partial charge in [-0.1, -0.05) is 170 Å². The van der Waals surface area contributed by atoms with Crippen LogP contribution in [0.15, 0.2) is 87.1 Å². The molecule has 126 heavy (non-hydrogen) atoms. The SMILES string of the molecule is C=C.C=C.C=C(CBr)[C@@H](C)CC12CCCC(C#N)C1C1(CC2)OCCO1.C=C(CBr)[C@@H](C)CC12CCCC(C=O)C1C1(CC2)OCCO1.C=C(CO)[C@@H](C)CC12CCCC(C#N)C1C1(CC2)OCCO1.C=C1C[C@@H](O)C2CCCC3(CCC4(OCCO4)C23)C[C@@H]1O[Si](C)(C)C(C)(C)C.C=C1C[C@H](O)C2CCCC3(CCC4(OCCO4)C23)C[C@@H]1O[Si](C)(C)C(C)(C)C. The molecule has 22 atom stereocenters. The van der Waals surface area contributed by atoms with Crippen molar-refractivity contribution in [1.82, 2.24) is 0 Å². The van der Waals surface area contributed by atoms with Gasteiger partial charge in [-0.15, -0.1) is 26.3 Å². The predicted molar refractivity (Wildman–Crippen MR) is 512 cm³/mol. The number of hydrogen-bond acceptors (Lipinski definition) is 18. The van der Waals surface area contributed by atoms with Gasteiger partial charge in [-0.2, -0.15) is 10.5 Å². The molecule has 5 heterocycles. The van der Waals surface area contributed by atoms with Crippen LogP contribution in [0.2, 0.25) is 36.3 Å². The van der Waals surface area contributed by atoms with E-state index < -0.39 is 45.6 Å². The summed E-state index contributed by atoms with van der Waals surface area (Å²) in [6, 6.07) is 5.11. The summed E-state index contributed by atoms with van der Waals surface area (Å²) in [5, 5.41) is 53.3. The first-order valence-corrected chi connectivity index (χ1v) is 57.2. The maximum Gasteiger partial charge on any atom is 0.192 e. The van der Waals surface area contributed by atoms with Crippen molar-refractivity contribution in [2.45, 2.75) is 357 Å². The number of aliphatic hydroxyl groups is 3. The third kappa shape index (κ3) is 20.5. The molecule has 5 spiro atoms. The molecule has 0 aromatic rings. The fourth-order valence-electron chi connectivity index (χ4n) is 28.5. The van der Waals surface area contributed by atoms with Crippen molar-refractivity contribution in [3.05, 3.63) is 87.1 Å². The third-order valence-corrected chi connectivity index (χ3v) is 46.7. The zero-order valence-electron chi connectivity index (χ0n) is 80.4. The van der Waals surface area contributed by atoms with Gasteiger partial charge in [-0.05, 0) is 251 Å². The molecule has 17 aliphatic rings. The number of rotatable bonds is 17. The smallest absolute Gasteiger partial charge is 0.192 e. The number of alkyl halides is 2. The van der Waals surface area contributed by atoms with Gasteiger partial charge >= 0.3 is 0 Å². The Bertz CT molecular complexity index is 3580. The molecule has 712 valence electrons. The van der Waals surface area contributed by atoms with Gasteiger partial charge in [0.2, 0.25) is 0 Å². The molecule has 4 bridgehead atoms. The number of aldehydes is 1. The normalized spacial score (nSPS) is 38.1. The number of nitrogens with zero attached hydrogens (tertiary/aromatic N) is 2. The second-order valence-electron chi connectivity index (χ2n) is 45.0. The average Bonchev–Trinajstić information content (AvgIpc) is 1.49. The standard InChI is InChI=1S/2C23H40O4Si.C18H26BrNO2.C18H27BrO3.C18H27NO3.2C2H4/c2*1-16-14-18(24)17-8-7-9-22(10-11-23(20(17)22)25-12-13-26-23)15-19(16)27-28(5,6)21(2,3)4;2*1-13(14(2)11-19)10-17-5-3-4-15(12-20)16(17)18(7-6-17)21-8-9-22-18;1-13(14(2)12-20)10-17-5-3-4-15(11-19)16(17)18(7-6-17)21-8-9-22-18;2*1-2/h2*17-20,24H,1,7-15H2,2-6H3;13,15-16H,2-11H2,1H3;12-13,15-16H,2-11H2,1H3;13,15-16,20H,2-10,12H2,1H3;2*1-2H2/t17?,18-,19+,20?,22?;17?,18-,19-,20?,22?;3*13-,15?,16?,17?;;/m10000../s1. The minimum Gasteiger partial charge on any atom is -0.410 e. The van der Waals surface area contributed by atoms with Crippen molar-refractivity contribution in [2.24, 2.45) is 104 Å². The van der Waals surface area contributed by atoms with Crippen LogP contribution in [0.5, 0.6) is 0 Å². The molecule has 17 fully saturated rings. The van der Waals surface area contributed by atoms with Gasteiger partial charge in [0, 0.05) is 78.3 Å². The van der Waals surface area contributed by atoms with Crippen LogP contribution in [0.3, 0.4) is 0 Å². The van der Waals surface area contributed by atoms with Crippen LogP contribution in [0.25, 0.3) is 0 Å². The monoisotopic (exact) mass is 1920 g/mol. The largest absolute Gasteiger partial charge is 0.410 e. The van der Waals surface area contributed by atoms with Crippen molar-refractivity contribution in [1.29, 1.82) is 10.5 Å². The van der Waals surface area contributed by atoms with E-state index in [-0.39, 0.29) is 133 Å². The lowest BCUT2D eigenvalue weighted by Gasteiger charge is -2.53. The van der Waals surface area contributed by atoms with Crippen molar-refractivity contribution in [2.75, 3.05) is 83.3 Å². The Balaban J connectivity index is 0.000000152. The fourth-order valence-corrected chi connectivity index (χ4v) is 32.2. The van der Waals surface area contributed by atoms with E-state index >= 15 is 0 Å². The van der Waals surface area contributed by atoms with Gasteiger partial charge in [0.15, 0.2) is 45.6 Å². The maximum atomic E-state index is 11.7. The highest BCUT2D eigenvalue weighted by atomic mass is 79.9. The Hall–Kier alpha value is -2.38. The van der Waals surface area contributed by atoms with E-state index in [0.29, 0.717) is 90.7 Å². The highest BCUT2D eigenvalue weighted by molar-refractivity contribution is 9.09. The highest BCUT2D eigenvalue weighted by Gasteiger charge is 2.71. The molecule has 15 unspecified atom stereocenters. The molecule has 3 N–H and O–H groups in total. The second-order valence-corrected chi connectivity index (χ2v) is 55.7. The van der Waals surface area contributed by atoms with Crippen molar-refractivity contribution in [3.8, 4) is 12.1 Å². The molecule has 5 saturated heterocycles. The third-order valence-electron chi connectivity index (χ3n) is 36.3. The number of halogens is 2. The second kappa shape index (κ2) is 42.1. The van der Waals surface area contributed by atoms with Gasteiger partial charge in [-0.25, -0.2) is 0 Å². The first-order chi connectivity index (χ1) is 59.7. The molecule has 0 amide bonds. The Morgan fingerprint density at radius 3 is 1.04 bits per heavy atom. The zero-order chi connectivity index (χ0) is 92.1. The Morgan fingerprint density at radius 1 is 0.452 bits per heavy atom. The molecular weight excluding hydrogens is 1750 g/mol. The first kappa shape index (κ1) is 104. The minimum absolute atomic E-state index is 0.0175. The van der Waals surface area contributed by atoms with Crippen LogP contribution in [0.1, 0.15) is 268 Å². The van der Waals surface area contributed by atoms with Crippen LogP contribution in [0.4, 0.5) is 0 Å². The fraction of sp³-hybridized carbons (Fsp3) is 0.837. The van der Waals surface area contributed by atoms with E-state index in [2.05, 4.69) is 192 Å². The van der Waals surface area contributed by atoms with Gasteiger partial charge in [0.05, 0.1) is 121 Å². The van der Waals surface area contributed by atoms with Crippen LogP contribution in [0, 0.1) is 127 Å². The molecule has 0 aromatic heterocycles. The maximum absolute atomic E-state index is 11.7. The molecule has 0 aromatic carbocycles. The van der Waals surface area contributed by atoms with Crippen molar-refractivity contribution in [3.63, 3.8) is 0 Å². The van der Waals surface area contributed by atoms with Crippen molar-refractivity contribution < 1.29 is 76.3 Å². The Morgan fingerprint density at radius 2 is 0.738 bits per heavy atom. The number of allylic oxidation sites excluding steroid dienone is 2. The molecule has 22 heteroatoms. The lowest BCUT2D eigenvalue weighted by molar-refractivity contribution is -0.228. The summed E-state index contributed by atoms with van der Waals surface area (Å²) in [5.74, 6) is 0.621. The van der Waals surface area contributed by atoms with Gasteiger partial charge in [0.1, 0.15) is 6.29 Å². The van der Waals surface area contributed by atoms with Gasteiger partial charge in [-0.3, -0.25) is 0 Å². The predicted octanol–water partition coefficient (Wildman–Crippen LogP) is 23.2. The number of carbonyl (C=O) groups excluding carboxylic acids is 1. The van der Waals surface area contributed by atoms with E-state index in [1.165, 1.54) is 56.0 Å². The van der Waals surface area contributed by atoms with E-state index in [1.807, 2.05) is 0 Å². The van der Waals surface area contributed by atoms with Crippen LogP contribution in [-0.2, 0) is 61.0 Å². The van der Waals surface area contributed by atoms with Crippen LogP contribution < -0.4 is 0 Å². The average molecular weight is 1920 g/mol. The summed E-state index contributed by atoms with van der Waals surface area (Å²) in [6.45, 7) is 69.7. The van der Waals surface area contributed by atoms with Gasteiger partial charge < -0.3 is 76.3 Å². The molecule has 17 rings (SSSR count). The van der Waals surface area contributed by atoms with Gasteiger partial charge in [0.25, 0.3) is 0 Å². The summed E-state index contributed by atoms with van der Waals surface area (Å²) in [4.78, 5) is 11.7. The summed E-state index contributed by atoms with van der Waals surface area (Å²) >= 11 is 7.07. The summed E-state index contributed by atoms with van der Waals surface area (Å²) in [6.07, 6.45) is 34.0. The minimum atomic E-state index is -1.93. The first-order valence-electron chi connectivity index (χ1n) is 49.2. The summed E-state index contributed by atoms with van der Waals surface area (Å²) < 4.78 is 75.4. The lowest BCUT2D eigenvalue weighted by atomic mass is 9.56. The summed E-state index contributed by atoms with van der Waals surface area (Å²) in [5.41, 5.74) is 6.33. The summed E-state index contributed by atoms with van der Waals surface area (Å²) in [7, 11) is -3.86. The molecular formula is C104H168Br2N2O16Si2. The van der Waals surface area contributed by atoms with E-state index in [9.17, 15) is 30.6 Å². The van der Waals surface area contributed by atoms with Crippen LogP contribution >= 0.6 is 31.9 Å². The van der Waals surface area contributed by atoms with Crippen molar-refractivity contribution >= 4 is 54.8 Å². The van der Waals surface area contributed by atoms with Crippen LogP contribution in [-0.4, -0.2) is 175 Å². The molecule has 18 nitrogen and oxygen atoms in total. The van der Waals surface area contributed by atoms with E-state index in [1.54, 1.807) is 0 Å². The highest BCUT2D eigenvalue weighted by Crippen LogP contribution is 2.71. The molecule has 5 aliphatic heterocycles. The number of ether oxygens (including phenoxy) is 10. The molecule has 0 radical (unpaired) electrons. The number of aliphatic hydroxyl groups excluding tert-OH is 3. The molecule has 12 saturated carbocycles. The number of fused-ring (bicyclic) bond motifs is 6. The quantitative estimate of drug-likeness (QED) is 0.0531. The Kier molecular flexibility index (Phi) is 34.8. The topological polar surface area (TPSA) is 236 Å².